The molecule has 4 aromatic rings. The molecule has 33 heavy (non-hydrogen) atoms. The van der Waals surface area contributed by atoms with Gasteiger partial charge in [-0.3, -0.25) is 4.79 Å². The van der Waals surface area contributed by atoms with Crippen molar-refractivity contribution in [2.45, 2.75) is 25.0 Å². The molecule has 0 aliphatic rings. The van der Waals surface area contributed by atoms with Gasteiger partial charge in [-0.05, 0) is 55.4 Å². The highest BCUT2D eigenvalue weighted by molar-refractivity contribution is 7.89. The molecule has 0 bridgehead atoms. The number of carbonyl (C=O) groups excluding carboxylic acids is 1. The highest BCUT2D eigenvalue weighted by Gasteiger charge is 2.15. The van der Waals surface area contributed by atoms with Crippen LogP contribution in [0.15, 0.2) is 78.0 Å². The Bertz CT molecular complexity index is 1410. The van der Waals surface area contributed by atoms with E-state index in [1.165, 1.54) is 19.2 Å². The second-order valence-corrected chi connectivity index (χ2v) is 9.36. The van der Waals surface area contributed by atoms with Crippen LogP contribution in [0.25, 0.3) is 5.65 Å². The van der Waals surface area contributed by atoms with Crippen LogP contribution in [0.3, 0.4) is 0 Å². The number of aryl methyl sites for hydroxylation is 1. The van der Waals surface area contributed by atoms with Gasteiger partial charge in [0.25, 0.3) is 5.91 Å². The fourth-order valence-electron chi connectivity index (χ4n) is 3.42. The maximum Gasteiger partial charge on any atom is 0.255 e. The van der Waals surface area contributed by atoms with Gasteiger partial charge in [-0.2, -0.15) is 0 Å². The molecular formula is C24H24N4O4S. The van der Waals surface area contributed by atoms with E-state index in [0.717, 1.165) is 16.9 Å². The van der Waals surface area contributed by atoms with Gasteiger partial charge in [0.05, 0.1) is 16.2 Å². The largest absolute Gasteiger partial charge is 0.486 e. The van der Waals surface area contributed by atoms with Crippen LogP contribution in [-0.2, 0) is 23.2 Å². The lowest BCUT2D eigenvalue weighted by molar-refractivity contribution is 0.0946. The molecule has 0 spiro atoms. The fourth-order valence-corrected chi connectivity index (χ4v) is 4.22. The number of hydrogen-bond donors (Lipinski definition) is 2. The molecule has 2 aromatic heterocycles. The highest BCUT2D eigenvalue weighted by atomic mass is 32.2. The lowest BCUT2D eigenvalue weighted by atomic mass is 10.1. The van der Waals surface area contributed by atoms with Gasteiger partial charge >= 0.3 is 0 Å². The van der Waals surface area contributed by atoms with Gasteiger partial charge < -0.3 is 14.5 Å². The molecule has 0 saturated heterocycles. The number of fused-ring (bicyclic) bond motifs is 1. The van der Waals surface area contributed by atoms with Crippen molar-refractivity contribution in [3.63, 3.8) is 0 Å². The molecule has 2 aromatic carbocycles. The zero-order valence-corrected chi connectivity index (χ0v) is 19.1. The molecule has 0 unspecified atom stereocenters. The summed E-state index contributed by atoms with van der Waals surface area (Å²) < 4.78 is 34.1. The van der Waals surface area contributed by atoms with Gasteiger partial charge in [0.1, 0.15) is 18.0 Å². The molecule has 170 valence electrons. The van der Waals surface area contributed by atoms with E-state index < -0.39 is 10.0 Å². The van der Waals surface area contributed by atoms with E-state index in [2.05, 4.69) is 15.0 Å². The summed E-state index contributed by atoms with van der Waals surface area (Å²) in [5.74, 6) is 0.119. The van der Waals surface area contributed by atoms with Gasteiger partial charge in [-0.15, -0.1) is 0 Å². The van der Waals surface area contributed by atoms with E-state index in [-0.39, 0.29) is 24.0 Å². The molecule has 0 aliphatic heterocycles. The molecule has 0 atom stereocenters. The van der Waals surface area contributed by atoms with Crippen molar-refractivity contribution < 1.29 is 17.9 Å². The van der Waals surface area contributed by atoms with Gasteiger partial charge in [0, 0.05) is 18.9 Å². The number of rotatable bonds is 8. The van der Waals surface area contributed by atoms with Crippen LogP contribution < -0.4 is 14.8 Å². The Balaban J connectivity index is 1.45. The molecule has 8 nitrogen and oxygen atoms in total. The maximum absolute atomic E-state index is 12.8. The minimum absolute atomic E-state index is 0.142. The predicted molar refractivity (Wildman–Crippen MR) is 125 cm³/mol. The normalized spacial score (nSPS) is 11.5. The van der Waals surface area contributed by atoms with Crippen LogP contribution in [0.2, 0.25) is 0 Å². The van der Waals surface area contributed by atoms with E-state index in [9.17, 15) is 13.2 Å². The van der Waals surface area contributed by atoms with Crippen molar-refractivity contribution in [1.29, 1.82) is 0 Å². The number of aromatic nitrogens is 2. The maximum atomic E-state index is 12.8. The van der Waals surface area contributed by atoms with Crippen LogP contribution in [-0.4, -0.2) is 30.8 Å². The molecule has 0 fully saturated rings. The number of sulfonamides is 1. The van der Waals surface area contributed by atoms with Crippen molar-refractivity contribution in [2.75, 3.05) is 7.05 Å². The van der Waals surface area contributed by atoms with E-state index in [4.69, 9.17) is 4.74 Å². The zero-order chi connectivity index (χ0) is 23.4. The third kappa shape index (κ3) is 5.05. The Kier molecular flexibility index (Phi) is 6.43. The molecule has 9 heteroatoms. The molecule has 2 N–H and O–H groups in total. The number of nitrogens with zero attached hydrogens (tertiary/aromatic N) is 2. The van der Waals surface area contributed by atoms with Crippen LogP contribution in [0.4, 0.5) is 0 Å². The average Bonchev–Trinajstić information content (AvgIpc) is 3.26. The third-order valence-corrected chi connectivity index (χ3v) is 6.58. The number of benzene rings is 2. The Morgan fingerprint density at radius 3 is 2.70 bits per heavy atom. The van der Waals surface area contributed by atoms with Gasteiger partial charge in [0.15, 0.2) is 0 Å². The van der Waals surface area contributed by atoms with Crippen molar-refractivity contribution in [1.82, 2.24) is 19.4 Å². The lowest BCUT2D eigenvalue weighted by Gasteiger charge is -2.11. The van der Waals surface area contributed by atoms with Crippen molar-refractivity contribution in [3.8, 4) is 5.75 Å². The Hall–Kier alpha value is -3.69. The topological polar surface area (TPSA) is 102 Å². The first kappa shape index (κ1) is 22.5. The van der Waals surface area contributed by atoms with Gasteiger partial charge in [-0.1, -0.05) is 30.3 Å². The number of para-hydroxylation sites is 1. The Labute approximate surface area is 192 Å². The average molecular weight is 465 g/mol. The molecule has 4 rings (SSSR count). The molecule has 1 amide bonds. The number of pyridine rings is 1. The smallest absolute Gasteiger partial charge is 0.255 e. The summed E-state index contributed by atoms with van der Waals surface area (Å²) in [6.45, 7) is 2.39. The number of carbonyl (C=O) groups is 1. The number of ether oxygens (including phenoxy) is 1. The number of amides is 1. The Morgan fingerprint density at radius 2 is 1.91 bits per heavy atom. The second kappa shape index (κ2) is 9.43. The van der Waals surface area contributed by atoms with Crippen LogP contribution in [0, 0.1) is 6.92 Å². The summed E-state index contributed by atoms with van der Waals surface area (Å²) in [7, 11) is -2.20. The third-order valence-electron chi connectivity index (χ3n) is 5.17. The Morgan fingerprint density at radius 1 is 1.09 bits per heavy atom. The molecule has 0 radical (unpaired) electrons. The first-order valence-corrected chi connectivity index (χ1v) is 11.8. The highest BCUT2D eigenvalue weighted by Crippen LogP contribution is 2.20. The van der Waals surface area contributed by atoms with Crippen LogP contribution >= 0.6 is 0 Å². The molecule has 0 aliphatic carbocycles. The van der Waals surface area contributed by atoms with E-state index >= 15 is 0 Å². The predicted octanol–water partition coefficient (Wildman–Crippen LogP) is 3.06. The summed E-state index contributed by atoms with van der Waals surface area (Å²) >= 11 is 0. The summed E-state index contributed by atoms with van der Waals surface area (Å²) in [6.07, 6.45) is 3.83. The van der Waals surface area contributed by atoms with Crippen LogP contribution in [0.1, 0.15) is 27.2 Å². The van der Waals surface area contributed by atoms with Gasteiger partial charge in [0.2, 0.25) is 10.0 Å². The van der Waals surface area contributed by atoms with Crippen molar-refractivity contribution in [3.05, 3.63) is 95.4 Å². The summed E-state index contributed by atoms with van der Waals surface area (Å²) in [5, 5.41) is 2.83. The molecular weight excluding hydrogens is 440 g/mol. The summed E-state index contributed by atoms with van der Waals surface area (Å²) in [4.78, 5) is 17.6. The number of imidazole rings is 1. The SMILES string of the molecule is CNS(=O)(=O)c1cccc(CNC(=O)c2ccccc2OCc2cn3cccc(C)c3n2)c1. The minimum Gasteiger partial charge on any atom is -0.486 e. The van der Waals surface area contributed by atoms with E-state index in [1.807, 2.05) is 35.9 Å². The van der Waals surface area contributed by atoms with Crippen molar-refractivity contribution >= 4 is 21.6 Å². The van der Waals surface area contributed by atoms with E-state index in [1.54, 1.807) is 36.4 Å². The summed E-state index contributed by atoms with van der Waals surface area (Å²) in [6, 6.07) is 17.3. The number of hydrogen-bond acceptors (Lipinski definition) is 5. The monoisotopic (exact) mass is 464 g/mol. The minimum atomic E-state index is -3.55. The zero-order valence-electron chi connectivity index (χ0n) is 18.3. The standard InChI is InChI=1S/C24H24N4O4S/c1-17-7-6-12-28-15-19(27-23(17)28)16-32-22-11-4-3-10-21(22)24(29)26-14-18-8-5-9-20(13-18)33(30,31)25-2/h3-13,15,25H,14,16H2,1-2H3,(H,26,29). The summed E-state index contributed by atoms with van der Waals surface area (Å²) in [5.41, 5.74) is 3.73. The van der Waals surface area contributed by atoms with E-state index in [0.29, 0.717) is 16.9 Å². The van der Waals surface area contributed by atoms with Crippen LogP contribution in [0.5, 0.6) is 5.75 Å². The fraction of sp³-hybridized carbons (Fsp3) is 0.167. The lowest BCUT2D eigenvalue weighted by Crippen LogP contribution is -2.24. The molecule has 2 heterocycles. The first-order chi connectivity index (χ1) is 15.9. The van der Waals surface area contributed by atoms with Crippen molar-refractivity contribution in [2.24, 2.45) is 0 Å². The molecule has 0 saturated carbocycles. The first-order valence-electron chi connectivity index (χ1n) is 10.3. The second-order valence-electron chi connectivity index (χ2n) is 7.48. The van der Waals surface area contributed by atoms with Gasteiger partial charge in [-0.25, -0.2) is 18.1 Å². The number of nitrogens with one attached hydrogen (secondary N) is 2. The quantitative estimate of drug-likeness (QED) is 0.417.